The number of nitrogens with zero attached hydrogens (tertiary/aromatic N) is 3. The van der Waals surface area contributed by atoms with E-state index in [-0.39, 0.29) is 15.2 Å². The standard InChI is InChI=1S/C19H17N5O3S3/c1-10-9-13(16-23-15-5-4-8-20-17(15)28-16)6-7-14(10)24-30(26,27)18-11(2)21-19(29-18)22-12(3)25/h4-9,24H,1-3H3,(H,21,22,25). The van der Waals surface area contributed by atoms with Crippen LogP contribution in [0.4, 0.5) is 10.8 Å². The summed E-state index contributed by atoms with van der Waals surface area (Å²) in [6, 6.07) is 9.17. The van der Waals surface area contributed by atoms with E-state index in [2.05, 4.69) is 25.0 Å². The molecule has 4 rings (SSSR count). The monoisotopic (exact) mass is 459 g/mol. The number of hydrogen-bond donors (Lipinski definition) is 2. The normalized spacial score (nSPS) is 11.6. The van der Waals surface area contributed by atoms with Crippen molar-refractivity contribution < 1.29 is 13.2 Å². The van der Waals surface area contributed by atoms with E-state index in [0.29, 0.717) is 11.4 Å². The predicted octanol–water partition coefficient (Wildman–Crippen LogP) is 4.19. The number of nitrogens with one attached hydrogen (secondary N) is 2. The molecule has 0 saturated carbocycles. The van der Waals surface area contributed by atoms with Crippen molar-refractivity contribution in [3.05, 3.63) is 47.8 Å². The number of benzene rings is 1. The first-order valence-electron chi connectivity index (χ1n) is 8.83. The average Bonchev–Trinajstić information content (AvgIpc) is 3.26. The second-order valence-corrected chi connectivity index (χ2v) is 10.4. The van der Waals surface area contributed by atoms with Crippen molar-refractivity contribution >= 4 is 59.8 Å². The minimum absolute atomic E-state index is 0.0620. The maximum atomic E-state index is 12.9. The molecule has 0 aliphatic heterocycles. The zero-order chi connectivity index (χ0) is 21.5. The number of amides is 1. The molecule has 8 nitrogen and oxygen atoms in total. The highest BCUT2D eigenvalue weighted by Crippen LogP contribution is 2.33. The number of rotatable bonds is 5. The molecule has 0 atom stereocenters. The molecule has 0 aliphatic carbocycles. The van der Waals surface area contributed by atoms with Gasteiger partial charge in [-0.1, -0.05) is 22.7 Å². The Balaban J connectivity index is 1.62. The van der Waals surface area contributed by atoms with Crippen molar-refractivity contribution in [2.45, 2.75) is 25.0 Å². The number of carbonyl (C=O) groups excluding carboxylic acids is 1. The van der Waals surface area contributed by atoms with Gasteiger partial charge in [-0.05, 0) is 49.7 Å². The molecule has 0 fully saturated rings. The SMILES string of the molecule is CC(=O)Nc1nc(C)c(S(=O)(=O)Nc2ccc(-c3nc4cccnc4s3)cc2C)s1. The molecule has 0 bridgehead atoms. The first kappa shape index (κ1) is 20.4. The van der Waals surface area contributed by atoms with E-state index < -0.39 is 10.0 Å². The van der Waals surface area contributed by atoms with Gasteiger partial charge in [0.2, 0.25) is 5.91 Å². The van der Waals surface area contributed by atoms with Crippen molar-refractivity contribution in [1.29, 1.82) is 0 Å². The van der Waals surface area contributed by atoms with Crippen molar-refractivity contribution in [3.8, 4) is 10.6 Å². The van der Waals surface area contributed by atoms with Crippen LogP contribution < -0.4 is 10.0 Å². The Morgan fingerprint density at radius 3 is 2.60 bits per heavy atom. The summed E-state index contributed by atoms with van der Waals surface area (Å²) in [7, 11) is -3.85. The van der Waals surface area contributed by atoms with Crippen LogP contribution >= 0.6 is 22.7 Å². The Bertz CT molecular complexity index is 1340. The third kappa shape index (κ3) is 4.04. The number of pyridine rings is 1. The molecule has 0 radical (unpaired) electrons. The number of anilines is 2. The van der Waals surface area contributed by atoms with Crippen LogP contribution in [0.15, 0.2) is 40.7 Å². The van der Waals surface area contributed by atoms with Gasteiger partial charge in [-0.2, -0.15) is 0 Å². The first-order valence-corrected chi connectivity index (χ1v) is 11.9. The van der Waals surface area contributed by atoms with Gasteiger partial charge in [0.1, 0.15) is 15.4 Å². The van der Waals surface area contributed by atoms with E-state index in [0.717, 1.165) is 37.8 Å². The first-order chi connectivity index (χ1) is 14.2. The molecule has 154 valence electrons. The summed E-state index contributed by atoms with van der Waals surface area (Å²) in [6.07, 6.45) is 1.73. The Morgan fingerprint density at radius 1 is 1.10 bits per heavy atom. The van der Waals surface area contributed by atoms with Crippen molar-refractivity contribution in [2.24, 2.45) is 0 Å². The number of hydrogen-bond acceptors (Lipinski definition) is 8. The highest BCUT2D eigenvalue weighted by Gasteiger charge is 2.23. The molecule has 2 N–H and O–H groups in total. The minimum Gasteiger partial charge on any atom is -0.302 e. The van der Waals surface area contributed by atoms with Gasteiger partial charge in [-0.25, -0.2) is 23.4 Å². The van der Waals surface area contributed by atoms with Gasteiger partial charge in [-0.3, -0.25) is 9.52 Å². The Kier molecular flexibility index (Phi) is 5.26. The van der Waals surface area contributed by atoms with Crippen LogP contribution in [-0.2, 0) is 14.8 Å². The predicted molar refractivity (Wildman–Crippen MR) is 120 cm³/mol. The lowest BCUT2D eigenvalue weighted by molar-refractivity contribution is -0.114. The van der Waals surface area contributed by atoms with Gasteiger partial charge in [0.25, 0.3) is 10.0 Å². The molecular weight excluding hydrogens is 442 g/mol. The zero-order valence-electron chi connectivity index (χ0n) is 16.3. The van der Waals surface area contributed by atoms with Gasteiger partial charge >= 0.3 is 0 Å². The molecule has 4 aromatic rings. The van der Waals surface area contributed by atoms with E-state index in [1.54, 1.807) is 19.2 Å². The van der Waals surface area contributed by atoms with Crippen molar-refractivity contribution in [3.63, 3.8) is 0 Å². The largest absolute Gasteiger partial charge is 0.302 e. The number of thiazole rings is 2. The van der Waals surface area contributed by atoms with Crippen LogP contribution in [0.3, 0.4) is 0 Å². The second kappa shape index (κ2) is 7.74. The van der Waals surface area contributed by atoms with Gasteiger partial charge in [-0.15, -0.1) is 0 Å². The number of aryl methyl sites for hydroxylation is 2. The van der Waals surface area contributed by atoms with Gasteiger partial charge < -0.3 is 5.32 Å². The summed E-state index contributed by atoms with van der Waals surface area (Å²) in [6.45, 7) is 4.76. The van der Waals surface area contributed by atoms with E-state index in [1.165, 1.54) is 18.3 Å². The van der Waals surface area contributed by atoms with E-state index in [1.807, 2.05) is 31.2 Å². The number of carbonyl (C=O) groups is 1. The van der Waals surface area contributed by atoms with E-state index >= 15 is 0 Å². The molecule has 0 aliphatic rings. The fraction of sp³-hybridized carbons (Fsp3) is 0.158. The molecule has 1 aromatic carbocycles. The number of aromatic nitrogens is 3. The summed E-state index contributed by atoms with van der Waals surface area (Å²) in [5.41, 5.74) is 3.27. The van der Waals surface area contributed by atoms with Gasteiger partial charge in [0.05, 0.1) is 11.4 Å². The quantitative estimate of drug-likeness (QED) is 0.463. The molecule has 0 saturated heterocycles. The summed E-state index contributed by atoms with van der Waals surface area (Å²) >= 11 is 2.40. The molecule has 1 amide bonds. The number of fused-ring (bicyclic) bond motifs is 1. The van der Waals surface area contributed by atoms with Crippen LogP contribution in [0.2, 0.25) is 0 Å². The lowest BCUT2D eigenvalue weighted by atomic mass is 10.1. The molecule has 0 unspecified atom stereocenters. The summed E-state index contributed by atoms with van der Waals surface area (Å²) < 4.78 is 28.4. The fourth-order valence-corrected chi connectivity index (χ4v) is 6.33. The van der Waals surface area contributed by atoms with Crippen LogP contribution in [0.1, 0.15) is 18.2 Å². The lowest BCUT2D eigenvalue weighted by Crippen LogP contribution is -2.13. The van der Waals surface area contributed by atoms with Crippen molar-refractivity contribution in [1.82, 2.24) is 15.0 Å². The third-order valence-electron chi connectivity index (χ3n) is 4.17. The molecule has 3 heterocycles. The topological polar surface area (TPSA) is 114 Å². The molecule has 3 aromatic heterocycles. The van der Waals surface area contributed by atoms with Crippen LogP contribution in [0.25, 0.3) is 20.9 Å². The number of sulfonamides is 1. The lowest BCUT2D eigenvalue weighted by Gasteiger charge is -2.10. The summed E-state index contributed by atoms with van der Waals surface area (Å²) in [5.74, 6) is -0.308. The third-order valence-corrected chi connectivity index (χ3v) is 8.24. The smallest absolute Gasteiger partial charge is 0.273 e. The Morgan fingerprint density at radius 2 is 1.90 bits per heavy atom. The minimum atomic E-state index is -3.85. The van der Waals surface area contributed by atoms with E-state index in [9.17, 15) is 13.2 Å². The molecule has 0 spiro atoms. The Hall–Kier alpha value is -2.89. The van der Waals surface area contributed by atoms with Crippen LogP contribution in [0.5, 0.6) is 0 Å². The summed E-state index contributed by atoms with van der Waals surface area (Å²) in [5, 5.41) is 3.58. The molecule has 11 heteroatoms. The highest BCUT2D eigenvalue weighted by molar-refractivity contribution is 7.94. The molecular formula is C19H17N5O3S3. The Labute approximate surface area is 181 Å². The maximum absolute atomic E-state index is 12.9. The van der Waals surface area contributed by atoms with Crippen molar-refractivity contribution in [2.75, 3.05) is 10.0 Å². The van der Waals surface area contributed by atoms with Crippen LogP contribution in [-0.4, -0.2) is 29.3 Å². The second-order valence-electron chi connectivity index (χ2n) is 6.55. The van der Waals surface area contributed by atoms with Gasteiger partial charge in [0.15, 0.2) is 9.34 Å². The van der Waals surface area contributed by atoms with E-state index in [4.69, 9.17) is 0 Å². The average molecular weight is 460 g/mol. The van der Waals surface area contributed by atoms with Gasteiger partial charge in [0, 0.05) is 18.7 Å². The highest BCUT2D eigenvalue weighted by atomic mass is 32.2. The molecule has 30 heavy (non-hydrogen) atoms. The van der Waals surface area contributed by atoms with Crippen LogP contribution in [0, 0.1) is 13.8 Å². The zero-order valence-corrected chi connectivity index (χ0v) is 18.7. The fourth-order valence-electron chi connectivity index (χ4n) is 2.83. The summed E-state index contributed by atoms with van der Waals surface area (Å²) in [4.78, 5) is 25.1. The maximum Gasteiger partial charge on any atom is 0.273 e.